The molecule has 90 valence electrons. The van der Waals surface area contributed by atoms with Crippen LogP contribution in [0.2, 0.25) is 0 Å². The maximum atomic E-state index is 9.63. The van der Waals surface area contributed by atoms with Crippen LogP contribution in [0.4, 0.5) is 0 Å². The van der Waals surface area contributed by atoms with E-state index < -0.39 is 5.60 Å². The summed E-state index contributed by atoms with van der Waals surface area (Å²) in [5.41, 5.74) is 6.95. The summed E-state index contributed by atoms with van der Waals surface area (Å²) in [5.74, 6) is 0.742. The minimum atomic E-state index is -0.741. The number of hydrogen-bond donors (Lipinski definition) is 3. The van der Waals surface area contributed by atoms with Gasteiger partial charge < -0.3 is 10.8 Å². The normalized spacial score (nSPS) is 10.3. The van der Waals surface area contributed by atoms with E-state index in [-0.39, 0.29) is 0 Å². The van der Waals surface area contributed by atoms with Gasteiger partial charge in [0.2, 0.25) is 0 Å². The van der Waals surface area contributed by atoms with Crippen LogP contribution in [0.25, 0.3) is 0 Å². The molecule has 16 heavy (non-hydrogen) atoms. The van der Waals surface area contributed by atoms with Gasteiger partial charge in [0.1, 0.15) is 0 Å². The van der Waals surface area contributed by atoms with Gasteiger partial charge in [0.25, 0.3) is 0 Å². The molecule has 1 aromatic carbocycles. The van der Waals surface area contributed by atoms with E-state index in [1.165, 1.54) is 5.56 Å². The standard InChI is InChI=1S/C10H14OS.C3H7N/c1-10(2,11)9-5-3-8(7-12)4-6-9;1-3(2)4/h3-6,11-12H,7H2,1-2H3;1,4H2,2H3. The smallest absolute Gasteiger partial charge is 0.0840 e. The van der Waals surface area contributed by atoms with Gasteiger partial charge in [-0.15, -0.1) is 0 Å². The summed E-state index contributed by atoms with van der Waals surface area (Å²) in [4.78, 5) is 0. The largest absolute Gasteiger partial charge is 0.403 e. The third kappa shape index (κ3) is 6.53. The van der Waals surface area contributed by atoms with Gasteiger partial charge >= 0.3 is 0 Å². The fraction of sp³-hybridized carbons (Fsp3) is 0.385. The molecule has 0 fully saturated rings. The number of aliphatic hydroxyl groups is 1. The molecule has 1 rings (SSSR count). The third-order valence-corrected chi connectivity index (χ3v) is 2.21. The SMILES string of the molecule is C=C(C)N.CC(C)(O)c1ccc(CS)cc1. The van der Waals surface area contributed by atoms with E-state index in [1.807, 2.05) is 24.3 Å². The van der Waals surface area contributed by atoms with Gasteiger partial charge in [-0.1, -0.05) is 30.8 Å². The summed E-state index contributed by atoms with van der Waals surface area (Å²) in [6.45, 7) is 8.64. The first-order valence-electron chi connectivity index (χ1n) is 5.11. The quantitative estimate of drug-likeness (QED) is 0.695. The van der Waals surface area contributed by atoms with E-state index in [1.54, 1.807) is 20.8 Å². The van der Waals surface area contributed by atoms with E-state index in [0.717, 1.165) is 11.3 Å². The minimum absolute atomic E-state index is 0.667. The van der Waals surface area contributed by atoms with E-state index in [4.69, 9.17) is 5.73 Å². The highest BCUT2D eigenvalue weighted by molar-refractivity contribution is 7.79. The molecule has 1 aromatic rings. The van der Waals surface area contributed by atoms with Crippen molar-refractivity contribution >= 4 is 12.6 Å². The zero-order valence-corrected chi connectivity index (χ0v) is 11.1. The third-order valence-electron chi connectivity index (χ3n) is 1.84. The highest BCUT2D eigenvalue weighted by atomic mass is 32.1. The second kappa shape index (κ2) is 6.61. The maximum absolute atomic E-state index is 9.63. The molecule has 0 spiro atoms. The monoisotopic (exact) mass is 239 g/mol. The zero-order chi connectivity index (χ0) is 12.8. The minimum Gasteiger partial charge on any atom is -0.403 e. The van der Waals surface area contributed by atoms with Crippen molar-refractivity contribution in [1.29, 1.82) is 0 Å². The Morgan fingerprint density at radius 2 is 1.75 bits per heavy atom. The van der Waals surface area contributed by atoms with Crippen molar-refractivity contribution in [2.24, 2.45) is 5.73 Å². The zero-order valence-electron chi connectivity index (χ0n) is 10.2. The van der Waals surface area contributed by atoms with Crippen LogP contribution in [0.15, 0.2) is 36.5 Å². The Labute approximate surface area is 104 Å². The highest BCUT2D eigenvalue weighted by Gasteiger charge is 2.14. The molecule has 0 amide bonds. The summed E-state index contributed by atoms with van der Waals surface area (Å²) in [7, 11) is 0. The molecule has 0 radical (unpaired) electrons. The number of benzene rings is 1. The van der Waals surface area contributed by atoms with Gasteiger partial charge in [-0.3, -0.25) is 0 Å². The molecule has 2 nitrogen and oxygen atoms in total. The Bertz CT molecular complexity index is 321. The number of nitrogens with two attached hydrogens (primary N) is 1. The van der Waals surface area contributed by atoms with E-state index in [9.17, 15) is 5.11 Å². The summed E-state index contributed by atoms with van der Waals surface area (Å²) >= 11 is 4.15. The molecule has 0 aromatic heterocycles. The first-order valence-corrected chi connectivity index (χ1v) is 5.74. The van der Waals surface area contributed by atoms with Gasteiger partial charge in [0, 0.05) is 5.75 Å². The van der Waals surface area contributed by atoms with Crippen molar-refractivity contribution in [1.82, 2.24) is 0 Å². The van der Waals surface area contributed by atoms with Gasteiger partial charge in [-0.25, -0.2) is 0 Å². The summed E-state index contributed by atoms with van der Waals surface area (Å²) < 4.78 is 0. The van der Waals surface area contributed by atoms with Crippen LogP contribution >= 0.6 is 12.6 Å². The first-order chi connectivity index (χ1) is 7.27. The lowest BCUT2D eigenvalue weighted by molar-refractivity contribution is 0.0786. The van der Waals surface area contributed by atoms with Crippen LogP contribution in [-0.4, -0.2) is 5.11 Å². The molecule has 0 unspecified atom stereocenters. The predicted molar refractivity (Wildman–Crippen MR) is 73.4 cm³/mol. The second-order valence-electron chi connectivity index (χ2n) is 4.26. The maximum Gasteiger partial charge on any atom is 0.0840 e. The molecule has 0 aliphatic carbocycles. The van der Waals surface area contributed by atoms with Crippen molar-refractivity contribution in [3.8, 4) is 0 Å². The number of allylic oxidation sites excluding steroid dienone is 1. The number of thiol groups is 1. The average Bonchev–Trinajstić information content (AvgIpc) is 2.16. The van der Waals surface area contributed by atoms with Gasteiger partial charge in [-0.05, 0) is 37.6 Å². The molecule has 0 bridgehead atoms. The van der Waals surface area contributed by atoms with Crippen molar-refractivity contribution < 1.29 is 5.11 Å². The van der Waals surface area contributed by atoms with Crippen LogP contribution in [0, 0.1) is 0 Å². The Kier molecular flexibility index (Phi) is 6.22. The fourth-order valence-electron chi connectivity index (χ4n) is 1.02. The van der Waals surface area contributed by atoms with E-state index in [2.05, 4.69) is 19.2 Å². The Morgan fingerprint density at radius 3 is 2.00 bits per heavy atom. The van der Waals surface area contributed by atoms with Crippen LogP contribution in [0.1, 0.15) is 31.9 Å². The average molecular weight is 239 g/mol. The summed E-state index contributed by atoms with van der Waals surface area (Å²) in [6.07, 6.45) is 0. The molecule has 0 aliphatic heterocycles. The number of rotatable bonds is 2. The van der Waals surface area contributed by atoms with Crippen molar-refractivity contribution in [3.63, 3.8) is 0 Å². The molecule has 3 N–H and O–H groups in total. The molecule has 3 heteroatoms. The van der Waals surface area contributed by atoms with Crippen molar-refractivity contribution in [3.05, 3.63) is 47.7 Å². The van der Waals surface area contributed by atoms with Gasteiger partial charge in [0.15, 0.2) is 0 Å². The van der Waals surface area contributed by atoms with Crippen LogP contribution in [-0.2, 0) is 11.4 Å². The lowest BCUT2D eigenvalue weighted by atomic mass is 9.98. The Morgan fingerprint density at radius 1 is 1.38 bits per heavy atom. The van der Waals surface area contributed by atoms with E-state index in [0.29, 0.717) is 5.70 Å². The fourth-order valence-corrected chi connectivity index (χ4v) is 1.23. The highest BCUT2D eigenvalue weighted by Crippen LogP contribution is 2.19. The molecule has 0 aliphatic rings. The molecular formula is C13H21NOS. The van der Waals surface area contributed by atoms with Gasteiger partial charge in [0.05, 0.1) is 5.60 Å². The first kappa shape index (κ1) is 15.1. The summed E-state index contributed by atoms with van der Waals surface area (Å²) in [6, 6.07) is 7.84. The number of hydrogen-bond acceptors (Lipinski definition) is 3. The topological polar surface area (TPSA) is 46.2 Å². The molecular weight excluding hydrogens is 218 g/mol. The Balaban J connectivity index is 0.000000487. The van der Waals surface area contributed by atoms with Crippen LogP contribution in [0.3, 0.4) is 0 Å². The van der Waals surface area contributed by atoms with Crippen LogP contribution < -0.4 is 5.73 Å². The van der Waals surface area contributed by atoms with E-state index >= 15 is 0 Å². The summed E-state index contributed by atoms with van der Waals surface area (Å²) in [5, 5.41) is 9.63. The molecule has 0 saturated heterocycles. The predicted octanol–water partition coefficient (Wildman–Crippen LogP) is 2.82. The lowest BCUT2D eigenvalue weighted by Crippen LogP contribution is -2.14. The Hall–Kier alpha value is -0.930. The van der Waals surface area contributed by atoms with Crippen molar-refractivity contribution in [2.45, 2.75) is 32.1 Å². The second-order valence-corrected chi connectivity index (χ2v) is 4.58. The van der Waals surface area contributed by atoms with Crippen LogP contribution in [0.5, 0.6) is 0 Å². The molecule has 0 atom stereocenters. The molecule has 0 heterocycles. The lowest BCUT2D eigenvalue weighted by Gasteiger charge is -2.17. The van der Waals surface area contributed by atoms with Crippen molar-refractivity contribution in [2.75, 3.05) is 0 Å². The van der Waals surface area contributed by atoms with Gasteiger partial charge in [-0.2, -0.15) is 12.6 Å². The molecule has 0 saturated carbocycles.